The summed E-state index contributed by atoms with van der Waals surface area (Å²) in [4.78, 5) is 17.6. The maximum atomic E-state index is 12.9. The van der Waals surface area contributed by atoms with Gasteiger partial charge in [-0.1, -0.05) is 18.2 Å². The van der Waals surface area contributed by atoms with Gasteiger partial charge in [-0.05, 0) is 50.6 Å². The van der Waals surface area contributed by atoms with Crippen LogP contribution in [0.1, 0.15) is 19.8 Å². The van der Waals surface area contributed by atoms with Crippen molar-refractivity contribution in [2.24, 2.45) is 5.92 Å². The molecule has 1 saturated heterocycles. The molecule has 1 amide bonds. The van der Waals surface area contributed by atoms with E-state index in [-0.39, 0.29) is 11.8 Å². The Hall–Kier alpha value is -2.86. The monoisotopic (exact) mass is 364 g/mol. The molecule has 140 valence electrons. The van der Waals surface area contributed by atoms with E-state index in [2.05, 4.69) is 22.5 Å². The Morgan fingerprint density at radius 1 is 1.26 bits per heavy atom. The zero-order valence-electron chi connectivity index (χ0n) is 15.6. The zero-order valence-corrected chi connectivity index (χ0v) is 15.6. The number of carbonyl (C=O) groups is 1. The van der Waals surface area contributed by atoms with Crippen molar-refractivity contribution in [1.82, 2.24) is 14.9 Å². The zero-order chi connectivity index (χ0) is 18.8. The first-order valence-electron chi connectivity index (χ1n) is 9.32. The Kier molecular flexibility index (Phi) is 4.81. The number of anilines is 1. The van der Waals surface area contributed by atoms with Crippen molar-refractivity contribution in [3.8, 4) is 11.4 Å². The number of aromatic nitrogens is 2. The molecule has 1 aliphatic rings. The Balaban J connectivity index is 1.73. The lowest BCUT2D eigenvalue weighted by molar-refractivity contribution is -0.120. The highest BCUT2D eigenvalue weighted by molar-refractivity contribution is 5.94. The summed E-state index contributed by atoms with van der Waals surface area (Å²) in [6, 6.07) is 16.0. The number of ether oxygens (including phenoxy) is 1. The molecule has 0 unspecified atom stereocenters. The number of imidazole rings is 1. The molecular weight excluding hydrogens is 340 g/mol. The molecule has 0 radical (unpaired) electrons. The molecule has 1 aromatic heterocycles. The molecule has 4 rings (SSSR count). The van der Waals surface area contributed by atoms with E-state index in [9.17, 15) is 4.79 Å². The van der Waals surface area contributed by atoms with Crippen LogP contribution in [-0.4, -0.2) is 35.2 Å². The van der Waals surface area contributed by atoms with E-state index < -0.39 is 0 Å². The van der Waals surface area contributed by atoms with Gasteiger partial charge in [-0.3, -0.25) is 14.7 Å². The van der Waals surface area contributed by atoms with Crippen LogP contribution >= 0.6 is 0 Å². The van der Waals surface area contributed by atoms with E-state index >= 15 is 0 Å². The maximum Gasteiger partial charge on any atom is 0.229 e. The predicted molar refractivity (Wildman–Crippen MR) is 106 cm³/mol. The van der Waals surface area contributed by atoms with Gasteiger partial charge >= 0.3 is 0 Å². The molecule has 0 spiro atoms. The van der Waals surface area contributed by atoms with Crippen molar-refractivity contribution in [2.75, 3.05) is 19.0 Å². The van der Waals surface area contributed by atoms with Crippen LogP contribution in [0.3, 0.4) is 0 Å². The number of para-hydroxylation sites is 2. The number of piperidine rings is 1. The highest BCUT2D eigenvalue weighted by Crippen LogP contribution is 2.28. The van der Waals surface area contributed by atoms with Crippen LogP contribution in [0, 0.1) is 5.92 Å². The third-order valence-electron chi connectivity index (χ3n) is 5.10. The van der Waals surface area contributed by atoms with Crippen LogP contribution in [0.15, 0.2) is 48.5 Å². The van der Waals surface area contributed by atoms with E-state index in [4.69, 9.17) is 4.74 Å². The van der Waals surface area contributed by atoms with Gasteiger partial charge in [0.1, 0.15) is 5.75 Å². The number of benzene rings is 2. The molecule has 3 aromatic rings. The van der Waals surface area contributed by atoms with Crippen LogP contribution in [0.4, 0.5) is 5.95 Å². The van der Waals surface area contributed by atoms with Gasteiger partial charge in [-0.25, -0.2) is 4.98 Å². The molecular formula is C21H24N4O2. The summed E-state index contributed by atoms with van der Waals surface area (Å²) in [5.74, 6) is 1.33. The second-order valence-corrected chi connectivity index (χ2v) is 7.03. The topological polar surface area (TPSA) is 68.2 Å². The number of nitrogens with one attached hydrogen (secondary N) is 2. The highest BCUT2D eigenvalue weighted by atomic mass is 16.5. The second-order valence-electron chi connectivity index (χ2n) is 7.03. The molecule has 27 heavy (non-hydrogen) atoms. The van der Waals surface area contributed by atoms with Gasteiger partial charge < -0.3 is 10.1 Å². The fourth-order valence-corrected chi connectivity index (χ4v) is 3.70. The van der Waals surface area contributed by atoms with E-state index in [1.807, 2.05) is 53.1 Å². The van der Waals surface area contributed by atoms with Crippen molar-refractivity contribution < 1.29 is 9.53 Å². The molecule has 2 N–H and O–H groups in total. The lowest BCUT2D eigenvalue weighted by Gasteiger charge is -2.27. The molecule has 0 saturated carbocycles. The van der Waals surface area contributed by atoms with Crippen molar-refractivity contribution in [2.45, 2.75) is 25.8 Å². The summed E-state index contributed by atoms with van der Waals surface area (Å²) in [6.07, 6.45) is 1.68. The first-order chi connectivity index (χ1) is 13.2. The minimum absolute atomic E-state index is 0.000165. The molecule has 2 atom stereocenters. The number of amides is 1. The van der Waals surface area contributed by atoms with Crippen LogP contribution in [0.25, 0.3) is 16.7 Å². The summed E-state index contributed by atoms with van der Waals surface area (Å²) in [7, 11) is 1.64. The van der Waals surface area contributed by atoms with Crippen LogP contribution in [-0.2, 0) is 4.79 Å². The lowest BCUT2D eigenvalue weighted by Crippen LogP contribution is -2.40. The molecule has 0 bridgehead atoms. The molecule has 1 aliphatic heterocycles. The Morgan fingerprint density at radius 3 is 2.93 bits per heavy atom. The van der Waals surface area contributed by atoms with Gasteiger partial charge in [0.2, 0.25) is 11.9 Å². The summed E-state index contributed by atoms with van der Waals surface area (Å²) in [6.45, 7) is 2.98. The third-order valence-corrected chi connectivity index (χ3v) is 5.10. The average molecular weight is 364 g/mol. The fraction of sp³-hybridized carbons (Fsp3) is 0.333. The number of carbonyl (C=O) groups excluding carboxylic acids is 1. The average Bonchev–Trinajstić information content (AvgIpc) is 3.05. The molecule has 2 heterocycles. The number of hydrogen-bond donors (Lipinski definition) is 2. The van der Waals surface area contributed by atoms with E-state index in [0.29, 0.717) is 12.0 Å². The first kappa shape index (κ1) is 17.5. The van der Waals surface area contributed by atoms with Crippen LogP contribution < -0.4 is 15.4 Å². The summed E-state index contributed by atoms with van der Waals surface area (Å²) in [5, 5.41) is 6.46. The quantitative estimate of drug-likeness (QED) is 0.745. The number of hydrogen-bond acceptors (Lipinski definition) is 4. The predicted octanol–water partition coefficient (Wildman–Crippen LogP) is 3.36. The van der Waals surface area contributed by atoms with E-state index in [1.165, 1.54) is 0 Å². The van der Waals surface area contributed by atoms with Gasteiger partial charge in [0, 0.05) is 18.0 Å². The number of fused-ring (bicyclic) bond motifs is 1. The first-order valence-corrected chi connectivity index (χ1v) is 9.32. The second kappa shape index (κ2) is 7.40. The minimum atomic E-state index is -0.000165. The lowest BCUT2D eigenvalue weighted by atomic mass is 9.92. The summed E-state index contributed by atoms with van der Waals surface area (Å²) >= 11 is 0. The molecule has 0 aliphatic carbocycles. The molecule has 6 heteroatoms. The Labute approximate surface area is 158 Å². The smallest absolute Gasteiger partial charge is 0.229 e. The number of nitrogens with zero attached hydrogens (tertiary/aromatic N) is 2. The number of rotatable bonds is 4. The SMILES string of the molecule is COc1cccc(-n2c(NC(=O)[C@H]3CCN[C@@H](C)C3)nc3ccccc32)c1. The normalized spacial score (nSPS) is 19.8. The van der Waals surface area contributed by atoms with Crippen molar-refractivity contribution in [1.29, 1.82) is 0 Å². The van der Waals surface area contributed by atoms with Crippen molar-refractivity contribution in [3.63, 3.8) is 0 Å². The van der Waals surface area contributed by atoms with Gasteiger partial charge in [-0.15, -0.1) is 0 Å². The minimum Gasteiger partial charge on any atom is -0.497 e. The highest BCUT2D eigenvalue weighted by Gasteiger charge is 2.26. The molecule has 2 aromatic carbocycles. The van der Waals surface area contributed by atoms with Gasteiger partial charge in [0.05, 0.1) is 23.8 Å². The van der Waals surface area contributed by atoms with Crippen molar-refractivity contribution >= 4 is 22.9 Å². The van der Waals surface area contributed by atoms with Crippen LogP contribution in [0.2, 0.25) is 0 Å². The third kappa shape index (κ3) is 3.53. The largest absolute Gasteiger partial charge is 0.497 e. The van der Waals surface area contributed by atoms with E-state index in [1.54, 1.807) is 7.11 Å². The standard InChI is InChI=1S/C21H24N4O2/c1-14-12-15(10-11-22-14)20(26)24-21-23-18-8-3-4-9-19(18)25(21)16-6-5-7-17(13-16)27-2/h3-9,13-15,22H,10-12H2,1-2H3,(H,23,24,26)/t14-,15-/m0/s1. The van der Waals surface area contributed by atoms with Gasteiger partial charge in [0.15, 0.2) is 0 Å². The summed E-state index contributed by atoms with van der Waals surface area (Å²) in [5.41, 5.74) is 2.69. The number of methoxy groups -OCH3 is 1. The summed E-state index contributed by atoms with van der Waals surface area (Å²) < 4.78 is 7.34. The Morgan fingerprint density at radius 2 is 2.11 bits per heavy atom. The van der Waals surface area contributed by atoms with Crippen LogP contribution in [0.5, 0.6) is 5.75 Å². The van der Waals surface area contributed by atoms with Crippen molar-refractivity contribution in [3.05, 3.63) is 48.5 Å². The van der Waals surface area contributed by atoms with Gasteiger partial charge in [-0.2, -0.15) is 0 Å². The molecule has 1 fully saturated rings. The fourth-order valence-electron chi connectivity index (χ4n) is 3.70. The van der Waals surface area contributed by atoms with Gasteiger partial charge in [0.25, 0.3) is 0 Å². The maximum absolute atomic E-state index is 12.9. The Bertz CT molecular complexity index is 966. The molecule has 6 nitrogen and oxygen atoms in total. The van der Waals surface area contributed by atoms with E-state index in [0.717, 1.165) is 41.9 Å².